The summed E-state index contributed by atoms with van der Waals surface area (Å²) in [5.74, 6) is 0. The molecule has 0 bridgehead atoms. The smallest absolute Gasteiger partial charge is 0.412 e. The van der Waals surface area contributed by atoms with Crippen molar-refractivity contribution >= 4 is 38.6 Å². The van der Waals surface area contributed by atoms with E-state index in [9.17, 15) is 9.59 Å². The van der Waals surface area contributed by atoms with Gasteiger partial charge in [0.25, 0.3) is 0 Å². The second kappa shape index (κ2) is 5.28. The highest BCUT2D eigenvalue weighted by molar-refractivity contribution is 9.10. The molecule has 0 aliphatic heterocycles. The Bertz CT molecular complexity index is 716. The number of halogens is 1. The summed E-state index contributed by atoms with van der Waals surface area (Å²) in [6.45, 7) is 5.36. The molecule has 20 heavy (non-hydrogen) atoms. The van der Waals surface area contributed by atoms with E-state index in [1.165, 1.54) is 0 Å². The van der Waals surface area contributed by atoms with Crippen LogP contribution in [-0.4, -0.2) is 16.7 Å². The zero-order valence-electron chi connectivity index (χ0n) is 11.4. The molecule has 0 unspecified atom stereocenters. The molecule has 1 heterocycles. The van der Waals surface area contributed by atoms with Gasteiger partial charge in [0.2, 0.25) is 5.43 Å². The van der Waals surface area contributed by atoms with Gasteiger partial charge in [0.05, 0.1) is 4.47 Å². The van der Waals surface area contributed by atoms with Crippen molar-refractivity contribution in [2.75, 3.05) is 5.32 Å². The molecule has 0 radical (unpaired) electrons. The van der Waals surface area contributed by atoms with E-state index in [2.05, 4.69) is 26.2 Å². The molecule has 0 saturated carbocycles. The average molecular weight is 339 g/mol. The van der Waals surface area contributed by atoms with Crippen LogP contribution in [0.25, 0.3) is 10.9 Å². The quantitative estimate of drug-likeness (QED) is 0.833. The number of anilines is 1. The fourth-order valence-electron chi connectivity index (χ4n) is 1.69. The first-order chi connectivity index (χ1) is 9.26. The fourth-order valence-corrected chi connectivity index (χ4v) is 2.02. The number of nitrogens with one attached hydrogen (secondary N) is 2. The minimum atomic E-state index is -0.568. The molecule has 1 aromatic carbocycles. The molecule has 0 spiro atoms. The largest absolute Gasteiger partial charge is 0.444 e. The van der Waals surface area contributed by atoms with Crippen LogP contribution in [0.4, 0.5) is 10.5 Å². The van der Waals surface area contributed by atoms with E-state index in [1.807, 2.05) is 0 Å². The first-order valence-corrected chi connectivity index (χ1v) is 6.86. The molecular formula is C14H15BrN2O3. The molecule has 6 heteroatoms. The van der Waals surface area contributed by atoms with Crippen LogP contribution in [0.15, 0.2) is 33.7 Å². The minimum absolute atomic E-state index is 0.133. The number of amides is 1. The van der Waals surface area contributed by atoms with Crippen molar-refractivity contribution in [2.45, 2.75) is 26.4 Å². The number of pyridine rings is 1. The van der Waals surface area contributed by atoms with E-state index in [0.717, 1.165) is 0 Å². The maximum Gasteiger partial charge on any atom is 0.412 e. The van der Waals surface area contributed by atoms with Gasteiger partial charge in [-0.05, 0) is 54.9 Å². The molecule has 0 saturated heterocycles. The van der Waals surface area contributed by atoms with E-state index in [4.69, 9.17) is 4.74 Å². The normalized spacial score (nSPS) is 11.4. The fraction of sp³-hybridized carbons (Fsp3) is 0.286. The molecule has 106 valence electrons. The Morgan fingerprint density at radius 3 is 2.70 bits per heavy atom. The topological polar surface area (TPSA) is 71.2 Å². The van der Waals surface area contributed by atoms with Gasteiger partial charge >= 0.3 is 6.09 Å². The highest BCUT2D eigenvalue weighted by Crippen LogP contribution is 2.17. The Hall–Kier alpha value is -1.82. The summed E-state index contributed by atoms with van der Waals surface area (Å²) in [5, 5.41) is 3.10. The lowest BCUT2D eigenvalue weighted by Crippen LogP contribution is -2.27. The molecule has 0 atom stereocenters. The first-order valence-electron chi connectivity index (χ1n) is 6.07. The van der Waals surface area contributed by atoms with Gasteiger partial charge in [-0.3, -0.25) is 10.1 Å². The number of ether oxygens (including phenoxy) is 1. The number of H-pyrrole nitrogens is 1. The van der Waals surface area contributed by atoms with Crippen LogP contribution in [0, 0.1) is 0 Å². The van der Waals surface area contributed by atoms with Crippen LogP contribution < -0.4 is 10.7 Å². The second-order valence-electron chi connectivity index (χ2n) is 5.35. The predicted octanol–water partition coefficient (Wildman–Crippen LogP) is 3.64. The molecule has 5 nitrogen and oxygen atoms in total. The summed E-state index contributed by atoms with van der Waals surface area (Å²) < 4.78 is 5.61. The summed E-state index contributed by atoms with van der Waals surface area (Å²) in [6, 6.07) is 5.05. The van der Waals surface area contributed by atoms with Crippen molar-refractivity contribution in [2.24, 2.45) is 0 Å². The summed E-state index contributed by atoms with van der Waals surface area (Å²) >= 11 is 3.18. The Morgan fingerprint density at radius 1 is 1.35 bits per heavy atom. The number of benzene rings is 1. The number of rotatable bonds is 1. The highest BCUT2D eigenvalue weighted by atomic mass is 79.9. The maximum absolute atomic E-state index is 12.0. The van der Waals surface area contributed by atoms with Gasteiger partial charge in [0.15, 0.2) is 0 Å². The van der Waals surface area contributed by atoms with Gasteiger partial charge in [0.1, 0.15) is 5.60 Å². The lowest BCUT2D eigenvalue weighted by molar-refractivity contribution is 0.0636. The summed E-state index contributed by atoms with van der Waals surface area (Å²) in [6.07, 6.45) is 1.04. The van der Waals surface area contributed by atoms with Crippen LogP contribution in [-0.2, 0) is 4.74 Å². The lowest BCUT2D eigenvalue weighted by Gasteiger charge is -2.19. The van der Waals surface area contributed by atoms with Crippen molar-refractivity contribution in [1.29, 1.82) is 0 Å². The number of hydrogen-bond acceptors (Lipinski definition) is 3. The standard InChI is InChI=1S/C14H15BrN2O3/c1-14(2,3)20-13(19)17-8-4-5-11-9(6-8)12(18)10(15)7-16-11/h4-7H,1-3H3,(H,16,18)(H,17,19). The monoisotopic (exact) mass is 338 g/mol. The van der Waals surface area contributed by atoms with E-state index >= 15 is 0 Å². The predicted molar refractivity (Wildman–Crippen MR) is 82.1 cm³/mol. The first kappa shape index (κ1) is 14.6. The summed E-state index contributed by atoms with van der Waals surface area (Å²) in [4.78, 5) is 26.7. The third-order valence-corrected chi connectivity index (χ3v) is 3.07. The summed E-state index contributed by atoms with van der Waals surface area (Å²) in [7, 11) is 0. The Balaban J connectivity index is 2.30. The Kier molecular flexibility index (Phi) is 3.85. The molecule has 1 amide bonds. The molecule has 0 fully saturated rings. The third kappa shape index (κ3) is 3.39. The summed E-state index contributed by atoms with van der Waals surface area (Å²) in [5.41, 5.74) is 0.511. The second-order valence-corrected chi connectivity index (χ2v) is 6.21. The van der Waals surface area contributed by atoms with Gasteiger partial charge in [-0.15, -0.1) is 0 Å². The van der Waals surface area contributed by atoms with Gasteiger partial charge in [-0.2, -0.15) is 0 Å². The molecule has 2 aromatic rings. The zero-order chi connectivity index (χ0) is 14.9. The van der Waals surface area contributed by atoms with E-state index < -0.39 is 11.7 Å². The lowest BCUT2D eigenvalue weighted by atomic mass is 10.2. The number of aromatic amines is 1. The third-order valence-electron chi connectivity index (χ3n) is 2.48. The number of fused-ring (bicyclic) bond motifs is 1. The van der Waals surface area contributed by atoms with Crippen molar-refractivity contribution in [1.82, 2.24) is 4.98 Å². The van der Waals surface area contributed by atoms with E-state index in [0.29, 0.717) is 21.1 Å². The van der Waals surface area contributed by atoms with Gasteiger partial charge in [-0.1, -0.05) is 0 Å². The SMILES string of the molecule is CC(C)(C)OC(=O)Nc1ccc2[nH]cc(Br)c(=O)c2c1. The molecule has 0 aliphatic carbocycles. The highest BCUT2D eigenvalue weighted by Gasteiger charge is 2.16. The van der Waals surface area contributed by atoms with Crippen molar-refractivity contribution < 1.29 is 9.53 Å². The van der Waals surface area contributed by atoms with Crippen molar-refractivity contribution in [3.8, 4) is 0 Å². The van der Waals surface area contributed by atoms with E-state index in [-0.39, 0.29) is 5.43 Å². The van der Waals surface area contributed by atoms with Gasteiger partial charge < -0.3 is 9.72 Å². The number of carbonyl (C=O) groups is 1. The maximum atomic E-state index is 12.0. The number of carbonyl (C=O) groups excluding carboxylic acids is 1. The van der Waals surface area contributed by atoms with Gasteiger partial charge in [-0.25, -0.2) is 4.79 Å². The molecule has 0 aliphatic rings. The number of hydrogen-bond donors (Lipinski definition) is 2. The van der Waals surface area contributed by atoms with E-state index in [1.54, 1.807) is 45.2 Å². The van der Waals surface area contributed by atoms with Crippen LogP contribution in [0.5, 0.6) is 0 Å². The molecule has 2 N–H and O–H groups in total. The zero-order valence-corrected chi connectivity index (χ0v) is 13.0. The molecule has 1 aromatic heterocycles. The molecule has 2 rings (SSSR count). The molecular weight excluding hydrogens is 324 g/mol. The van der Waals surface area contributed by atoms with Gasteiger partial charge in [0, 0.05) is 22.8 Å². The average Bonchev–Trinajstić information content (AvgIpc) is 2.32. The van der Waals surface area contributed by atoms with Crippen LogP contribution in [0.1, 0.15) is 20.8 Å². The Labute approximate surface area is 124 Å². The van der Waals surface area contributed by atoms with Crippen molar-refractivity contribution in [3.63, 3.8) is 0 Å². The number of aromatic nitrogens is 1. The van der Waals surface area contributed by atoms with Crippen molar-refractivity contribution in [3.05, 3.63) is 39.1 Å². The van der Waals surface area contributed by atoms with Crippen LogP contribution >= 0.6 is 15.9 Å². The minimum Gasteiger partial charge on any atom is -0.444 e. The van der Waals surface area contributed by atoms with Crippen LogP contribution in [0.3, 0.4) is 0 Å². The van der Waals surface area contributed by atoms with Crippen LogP contribution in [0.2, 0.25) is 0 Å². The Morgan fingerprint density at radius 2 is 2.05 bits per heavy atom.